The third kappa shape index (κ3) is 3.20. The minimum atomic E-state index is -0.501. The summed E-state index contributed by atoms with van der Waals surface area (Å²) in [5.41, 5.74) is 0.0734. The van der Waals surface area contributed by atoms with Crippen LogP contribution in [0.15, 0.2) is 22.7 Å². The summed E-state index contributed by atoms with van der Waals surface area (Å²) in [4.78, 5) is 11.4. The second-order valence-corrected chi connectivity index (χ2v) is 4.56. The summed E-state index contributed by atoms with van der Waals surface area (Å²) in [6, 6.07) is 4.30. The fraction of sp³-hybridized carbons (Fsp3) is 0.222. The lowest BCUT2D eigenvalue weighted by atomic mass is 10.2. The van der Waals surface area contributed by atoms with Crippen LogP contribution >= 0.6 is 38.5 Å². The molecule has 0 saturated carbocycles. The molecule has 5 heteroatoms. The van der Waals surface area contributed by atoms with Crippen LogP contribution in [0.5, 0.6) is 0 Å². The van der Waals surface area contributed by atoms with Crippen LogP contribution in [-0.4, -0.2) is 16.9 Å². The van der Waals surface area contributed by atoms with Crippen LogP contribution in [0.4, 0.5) is 4.39 Å². The average molecular weight is 372 g/mol. The van der Waals surface area contributed by atoms with E-state index < -0.39 is 5.82 Å². The van der Waals surface area contributed by atoms with Gasteiger partial charge in [-0.05, 0) is 18.2 Å². The van der Waals surface area contributed by atoms with E-state index in [1.54, 1.807) is 6.07 Å². The summed E-state index contributed by atoms with van der Waals surface area (Å²) in [6.07, 6.45) is 0. The van der Waals surface area contributed by atoms with Gasteiger partial charge in [0, 0.05) is 15.4 Å². The minimum absolute atomic E-state index is 0.0734. The number of carbonyl (C=O) groups is 1. The van der Waals surface area contributed by atoms with Crippen LogP contribution < -0.4 is 5.32 Å². The number of nitrogens with one attached hydrogen (secondary N) is 1. The molecule has 14 heavy (non-hydrogen) atoms. The first-order valence-electron chi connectivity index (χ1n) is 3.94. The SMILES string of the molecule is O=C(NCCI)c1cc(Br)ccc1F. The Kier molecular flexibility index (Phi) is 4.80. The number of hydrogen-bond donors (Lipinski definition) is 1. The number of rotatable bonds is 3. The third-order valence-electron chi connectivity index (χ3n) is 1.55. The maximum absolute atomic E-state index is 13.2. The topological polar surface area (TPSA) is 29.1 Å². The highest BCUT2D eigenvalue weighted by molar-refractivity contribution is 14.1. The van der Waals surface area contributed by atoms with Gasteiger partial charge < -0.3 is 5.32 Å². The van der Waals surface area contributed by atoms with E-state index in [2.05, 4.69) is 43.8 Å². The van der Waals surface area contributed by atoms with E-state index in [1.807, 2.05) is 0 Å². The predicted octanol–water partition coefficient (Wildman–Crippen LogP) is 2.75. The standard InChI is InChI=1S/C9H8BrFINO/c10-6-1-2-8(11)7(5-6)9(14)13-4-3-12/h1-2,5H,3-4H2,(H,13,14). The normalized spacial score (nSPS) is 9.93. The molecule has 1 aromatic rings. The van der Waals surface area contributed by atoms with E-state index in [4.69, 9.17) is 0 Å². The highest BCUT2D eigenvalue weighted by Crippen LogP contribution is 2.15. The van der Waals surface area contributed by atoms with Crippen molar-refractivity contribution in [1.29, 1.82) is 0 Å². The summed E-state index contributed by atoms with van der Waals surface area (Å²) in [7, 11) is 0. The van der Waals surface area contributed by atoms with Crippen LogP contribution in [0.2, 0.25) is 0 Å². The van der Waals surface area contributed by atoms with Gasteiger partial charge in [-0.2, -0.15) is 0 Å². The Labute approximate surface area is 104 Å². The number of hydrogen-bond acceptors (Lipinski definition) is 1. The van der Waals surface area contributed by atoms with Crippen molar-refractivity contribution < 1.29 is 9.18 Å². The van der Waals surface area contributed by atoms with Gasteiger partial charge in [0.15, 0.2) is 0 Å². The Morgan fingerprint density at radius 1 is 1.57 bits per heavy atom. The van der Waals surface area contributed by atoms with Gasteiger partial charge in [0.05, 0.1) is 5.56 Å². The van der Waals surface area contributed by atoms with Gasteiger partial charge in [0.25, 0.3) is 5.91 Å². The van der Waals surface area contributed by atoms with Crippen molar-refractivity contribution >= 4 is 44.4 Å². The summed E-state index contributed by atoms with van der Waals surface area (Å²) in [5.74, 6) is -0.875. The number of halogens is 3. The summed E-state index contributed by atoms with van der Waals surface area (Å²) < 4.78 is 14.7. The summed E-state index contributed by atoms with van der Waals surface area (Å²) in [5, 5.41) is 2.61. The predicted molar refractivity (Wildman–Crippen MR) is 65.3 cm³/mol. The van der Waals surface area contributed by atoms with Gasteiger partial charge >= 0.3 is 0 Å². The Hall–Kier alpha value is -0.170. The first kappa shape index (κ1) is 11.9. The molecule has 0 fully saturated rings. The molecule has 0 spiro atoms. The minimum Gasteiger partial charge on any atom is -0.351 e. The van der Waals surface area contributed by atoms with E-state index in [-0.39, 0.29) is 11.5 Å². The molecule has 1 amide bonds. The lowest BCUT2D eigenvalue weighted by Gasteiger charge is -2.04. The highest BCUT2D eigenvalue weighted by Gasteiger charge is 2.10. The second kappa shape index (κ2) is 5.65. The molecule has 1 rings (SSSR count). The van der Waals surface area contributed by atoms with Gasteiger partial charge in [-0.1, -0.05) is 38.5 Å². The highest BCUT2D eigenvalue weighted by atomic mass is 127. The molecular weight excluding hydrogens is 364 g/mol. The van der Waals surface area contributed by atoms with Crippen molar-refractivity contribution in [3.8, 4) is 0 Å². The van der Waals surface area contributed by atoms with E-state index in [9.17, 15) is 9.18 Å². The van der Waals surface area contributed by atoms with Crippen LogP contribution in [0.25, 0.3) is 0 Å². The molecule has 76 valence electrons. The molecule has 0 radical (unpaired) electrons. The van der Waals surface area contributed by atoms with Crippen LogP contribution in [0.3, 0.4) is 0 Å². The molecule has 0 saturated heterocycles. The fourth-order valence-electron chi connectivity index (χ4n) is 0.928. The smallest absolute Gasteiger partial charge is 0.254 e. The molecule has 0 aliphatic heterocycles. The maximum atomic E-state index is 13.2. The molecule has 1 aromatic carbocycles. The fourth-order valence-corrected chi connectivity index (χ4v) is 1.56. The van der Waals surface area contributed by atoms with Crippen molar-refractivity contribution in [3.63, 3.8) is 0 Å². The van der Waals surface area contributed by atoms with Gasteiger partial charge in [0.2, 0.25) is 0 Å². The Morgan fingerprint density at radius 3 is 2.93 bits per heavy atom. The first-order valence-corrected chi connectivity index (χ1v) is 6.26. The van der Waals surface area contributed by atoms with Crippen molar-refractivity contribution in [2.24, 2.45) is 0 Å². The lowest BCUT2D eigenvalue weighted by Crippen LogP contribution is -2.26. The van der Waals surface area contributed by atoms with Gasteiger partial charge in [0.1, 0.15) is 5.82 Å². The van der Waals surface area contributed by atoms with Gasteiger partial charge in [-0.25, -0.2) is 4.39 Å². The van der Waals surface area contributed by atoms with Crippen LogP contribution in [0, 0.1) is 5.82 Å². The zero-order chi connectivity index (χ0) is 10.6. The van der Waals surface area contributed by atoms with Gasteiger partial charge in [-0.3, -0.25) is 4.79 Å². The number of carbonyl (C=O) groups excluding carboxylic acids is 1. The second-order valence-electron chi connectivity index (χ2n) is 2.57. The van der Waals surface area contributed by atoms with E-state index in [1.165, 1.54) is 12.1 Å². The Bertz CT molecular complexity index is 346. The largest absolute Gasteiger partial charge is 0.351 e. The monoisotopic (exact) mass is 371 g/mol. The molecule has 0 aromatic heterocycles. The van der Waals surface area contributed by atoms with Gasteiger partial charge in [-0.15, -0.1) is 0 Å². The third-order valence-corrected chi connectivity index (χ3v) is 2.59. The van der Waals surface area contributed by atoms with Crippen molar-refractivity contribution in [2.75, 3.05) is 11.0 Å². The number of benzene rings is 1. The van der Waals surface area contributed by atoms with E-state index >= 15 is 0 Å². The number of alkyl halides is 1. The van der Waals surface area contributed by atoms with Crippen LogP contribution in [0.1, 0.15) is 10.4 Å². The number of amides is 1. The maximum Gasteiger partial charge on any atom is 0.254 e. The molecule has 0 atom stereocenters. The zero-order valence-corrected chi connectivity index (χ0v) is 10.9. The Morgan fingerprint density at radius 2 is 2.29 bits per heavy atom. The van der Waals surface area contributed by atoms with Crippen molar-refractivity contribution in [2.45, 2.75) is 0 Å². The quantitative estimate of drug-likeness (QED) is 0.642. The molecule has 1 N–H and O–H groups in total. The van der Waals surface area contributed by atoms with E-state index in [0.29, 0.717) is 11.0 Å². The average Bonchev–Trinajstić information content (AvgIpc) is 2.18. The molecule has 0 bridgehead atoms. The molecular formula is C9H8BrFINO. The molecule has 0 unspecified atom stereocenters. The molecule has 2 nitrogen and oxygen atoms in total. The lowest BCUT2D eigenvalue weighted by molar-refractivity contribution is 0.0952. The Balaban J connectivity index is 2.83. The first-order chi connectivity index (χ1) is 6.65. The summed E-state index contributed by atoms with van der Waals surface area (Å²) in [6.45, 7) is 0.547. The molecule has 0 heterocycles. The summed E-state index contributed by atoms with van der Waals surface area (Å²) >= 11 is 5.32. The van der Waals surface area contributed by atoms with Crippen molar-refractivity contribution in [1.82, 2.24) is 5.32 Å². The molecule has 0 aliphatic rings. The molecule has 0 aliphatic carbocycles. The van der Waals surface area contributed by atoms with Crippen molar-refractivity contribution in [3.05, 3.63) is 34.1 Å². The van der Waals surface area contributed by atoms with E-state index in [0.717, 1.165) is 4.43 Å². The zero-order valence-electron chi connectivity index (χ0n) is 7.19. The van der Waals surface area contributed by atoms with Crippen LogP contribution in [-0.2, 0) is 0 Å².